The highest BCUT2D eigenvalue weighted by Crippen LogP contribution is 2.02. The first-order valence-electron chi connectivity index (χ1n) is 5.40. The lowest BCUT2D eigenvalue weighted by molar-refractivity contribution is -0.174. The highest BCUT2D eigenvalue weighted by Gasteiger charge is 2.11. The Morgan fingerprint density at radius 1 is 1.06 bits per heavy atom. The minimum absolute atomic E-state index is 0.556. The maximum Gasteiger partial charge on any atom is 0.311 e. The molecule has 0 saturated carbocycles. The molecule has 0 saturated heterocycles. The van der Waals surface area contributed by atoms with Crippen LogP contribution in [0.5, 0.6) is 0 Å². The minimum Gasteiger partial charge on any atom is -0.414 e. The van der Waals surface area contributed by atoms with E-state index in [-0.39, 0.29) is 0 Å². The minimum atomic E-state index is -1.17. The number of hydrogen-bond acceptors (Lipinski definition) is 4. The second-order valence-electron chi connectivity index (χ2n) is 3.69. The molecule has 0 fully saturated rings. The van der Waals surface area contributed by atoms with Crippen molar-refractivity contribution in [3.8, 4) is 11.8 Å². The van der Waals surface area contributed by atoms with Crippen molar-refractivity contribution in [3.05, 3.63) is 35.4 Å². The quantitative estimate of drug-likeness (QED) is 0.453. The van der Waals surface area contributed by atoms with Crippen LogP contribution in [-0.2, 0) is 19.1 Å². The summed E-state index contributed by atoms with van der Waals surface area (Å²) in [6, 6.07) is 7.50. The van der Waals surface area contributed by atoms with Crippen LogP contribution in [0, 0.1) is 18.8 Å². The lowest BCUT2D eigenvalue weighted by Gasteiger charge is -2.09. The molecule has 0 aliphatic heterocycles. The van der Waals surface area contributed by atoms with Crippen molar-refractivity contribution in [1.82, 2.24) is 0 Å². The van der Waals surface area contributed by atoms with Gasteiger partial charge < -0.3 is 9.47 Å². The number of rotatable bonds is 2. The normalized spacial score (nSPS) is 9.33. The molecule has 0 heterocycles. The molecule has 18 heavy (non-hydrogen) atoms. The summed E-state index contributed by atoms with van der Waals surface area (Å²) in [6.07, 6.45) is -1.17. The summed E-state index contributed by atoms with van der Waals surface area (Å²) in [5.74, 6) is 4.25. The van der Waals surface area contributed by atoms with Crippen LogP contribution in [0.25, 0.3) is 0 Å². The van der Waals surface area contributed by atoms with Gasteiger partial charge in [0, 0.05) is 19.4 Å². The van der Waals surface area contributed by atoms with E-state index in [1.807, 2.05) is 31.2 Å². The van der Waals surface area contributed by atoms with Crippen LogP contribution in [0.1, 0.15) is 25.0 Å². The second-order valence-corrected chi connectivity index (χ2v) is 3.69. The van der Waals surface area contributed by atoms with Gasteiger partial charge in [-0.2, -0.15) is 0 Å². The Labute approximate surface area is 106 Å². The molecule has 0 amide bonds. The first-order valence-corrected chi connectivity index (χ1v) is 5.40. The summed E-state index contributed by atoms with van der Waals surface area (Å²) in [5.41, 5.74) is 1.88. The second kappa shape index (κ2) is 6.45. The van der Waals surface area contributed by atoms with Crippen LogP contribution < -0.4 is 0 Å². The van der Waals surface area contributed by atoms with Crippen molar-refractivity contribution in [3.63, 3.8) is 0 Å². The van der Waals surface area contributed by atoms with E-state index in [0.717, 1.165) is 11.1 Å². The Morgan fingerprint density at radius 3 is 2.00 bits per heavy atom. The molecule has 0 bridgehead atoms. The van der Waals surface area contributed by atoms with Crippen molar-refractivity contribution in [2.75, 3.05) is 0 Å². The molecule has 0 aliphatic carbocycles. The molecule has 0 unspecified atom stereocenters. The van der Waals surface area contributed by atoms with Gasteiger partial charge in [-0.1, -0.05) is 23.6 Å². The van der Waals surface area contributed by atoms with Gasteiger partial charge in [0.25, 0.3) is 0 Å². The monoisotopic (exact) mass is 246 g/mol. The van der Waals surface area contributed by atoms with E-state index in [4.69, 9.17) is 9.47 Å². The van der Waals surface area contributed by atoms with Crippen LogP contribution in [0.15, 0.2) is 24.3 Å². The number of aryl methyl sites for hydroxylation is 1. The van der Waals surface area contributed by atoms with Crippen molar-refractivity contribution in [1.29, 1.82) is 0 Å². The maximum atomic E-state index is 10.8. The zero-order valence-corrected chi connectivity index (χ0v) is 10.5. The SMILES string of the molecule is CC(=O)OC(C#Cc1ccc(C)cc1)OC(C)=O. The van der Waals surface area contributed by atoms with Crippen LogP contribution >= 0.6 is 0 Å². The fraction of sp³-hybridized carbons (Fsp3) is 0.286. The van der Waals surface area contributed by atoms with Gasteiger partial charge in [-0.05, 0) is 25.0 Å². The number of hydrogen-bond donors (Lipinski definition) is 0. The fourth-order valence-electron chi connectivity index (χ4n) is 1.16. The highest BCUT2D eigenvalue weighted by atomic mass is 16.7. The smallest absolute Gasteiger partial charge is 0.311 e. The predicted molar refractivity (Wildman–Crippen MR) is 65.4 cm³/mol. The van der Waals surface area contributed by atoms with Gasteiger partial charge in [-0.15, -0.1) is 0 Å². The van der Waals surface area contributed by atoms with Crippen molar-refractivity contribution in [2.24, 2.45) is 0 Å². The number of benzene rings is 1. The molecule has 1 aromatic rings. The first-order chi connectivity index (χ1) is 8.47. The summed E-state index contributed by atoms with van der Waals surface area (Å²) in [4.78, 5) is 21.6. The molecule has 0 N–H and O–H groups in total. The Bertz CT molecular complexity index is 475. The molecule has 1 aromatic carbocycles. The molecular formula is C14H14O4. The Morgan fingerprint density at radius 2 is 1.56 bits per heavy atom. The van der Waals surface area contributed by atoms with E-state index in [0.29, 0.717) is 0 Å². The lowest BCUT2D eigenvalue weighted by Crippen LogP contribution is -2.20. The van der Waals surface area contributed by atoms with E-state index in [9.17, 15) is 9.59 Å². The van der Waals surface area contributed by atoms with Gasteiger partial charge in [-0.3, -0.25) is 9.59 Å². The van der Waals surface area contributed by atoms with Crippen LogP contribution in [-0.4, -0.2) is 18.2 Å². The summed E-state index contributed by atoms with van der Waals surface area (Å²) in [5, 5.41) is 0. The Balaban J connectivity index is 2.79. The average molecular weight is 246 g/mol. The van der Waals surface area contributed by atoms with Crippen LogP contribution in [0.2, 0.25) is 0 Å². The largest absolute Gasteiger partial charge is 0.414 e. The van der Waals surface area contributed by atoms with Gasteiger partial charge >= 0.3 is 18.2 Å². The van der Waals surface area contributed by atoms with E-state index >= 15 is 0 Å². The average Bonchev–Trinajstić information content (AvgIpc) is 2.26. The van der Waals surface area contributed by atoms with Gasteiger partial charge in [0.05, 0.1) is 0 Å². The zero-order chi connectivity index (χ0) is 13.5. The van der Waals surface area contributed by atoms with E-state index in [1.54, 1.807) is 0 Å². The Hall–Kier alpha value is -2.28. The lowest BCUT2D eigenvalue weighted by atomic mass is 10.1. The number of esters is 2. The fourth-order valence-corrected chi connectivity index (χ4v) is 1.16. The molecule has 0 aromatic heterocycles. The number of carbonyl (C=O) groups excluding carboxylic acids is 2. The third-order valence-corrected chi connectivity index (χ3v) is 1.93. The van der Waals surface area contributed by atoms with Crippen LogP contribution in [0.3, 0.4) is 0 Å². The van der Waals surface area contributed by atoms with Gasteiger partial charge in [0.1, 0.15) is 0 Å². The molecule has 0 radical (unpaired) electrons. The molecule has 0 spiro atoms. The third-order valence-electron chi connectivity index (χ3n) is 1.93. The van der Waals surface area contributed by atoms with Crippen molar-refractivity contribution >= 4 is 11.9 Å². The third kappa shape index (κ3) is 5.17. The predicted octanol–water partition coefficient (Wildman–Crippen LogP) is 1.80. The summed E-state index contributed by atoms with van der Waals surface area (Å²) >= 11 is 0. The van der Waals surface area contributed by atoms with Crippen molar-refractivity contribution < 1.29 is 19.1 Å². The molecule has 0 aliphatic rings. The van der Waals surface area contributed by atoms with Crippen molar-refractivity contribution in [2.45, 2.75) is 27.1 Å². The molecule has 94 valence electrons. The molecule has 1 rings (SSSR count). The number of ether oxygens (including phenoxy) is 2. The van der Waals surface area contributed by atoms with E-state index in [2.05, 4.69) is 11.8 Å². The van der Waals surface area contributed by atoms with Gasteiger partial charge in [0.2, 0.25) is 0 Å². The van der Waals surface area contributed by atoms with Crippen LogP contribution in [0.4, 0.5) is 0 Å². The topological polar surface area (TPSA) is 52.6 Å². The molecular weight excluding hydrogens is 232 g/mol. The highest BCUT2D eigenvalue weighted by molar-refractivity contribution is 5.68. The van der Waals surface area contributed by atoms with Gasteiger partial charge in [-0.25, -0.2) is 0 Å². The molecule has 0 atom stereocenters. The number of carbonyl (C=O) groups is 2. The summed E-state index contributed by atoms with van der Waals surface area (Å²) in [6.45, 7) is 4.42. The maximum absolute atomic E-state index is 10.8. The summed E-state index contributed by atoms with van der Waals surface area (Å²) in [7, 11) is 0. The summed E-state index contributed by atoms with van der Waals surface area (Å²) < 4.78 is 9.50. The van der Waals surface area contributed by atoms with E-state index < -0.39 is 18.2 Å². The zero-order valence-electron chi connectivity index (χ0n) is 10.5. The Kier molecular flexibility index (Phi) is 4.94. The van der Waals surface area contributed by atoms with Gasteiger partial charge in [0.15, 0.2) is 0 Å². The standard InChI is InChI=1S/C14H14O4/c1-10-4-6-13(7-5-10)8-9-14(17-11(2)15)18-12(3)16/h4-7,14H,1-3H3. The molecule has 4 heteroatoms. The first kappa shape index (κ1) is 13.8. The van der Waals surface area contributed by atoms with E-state index in [1.165, 1.54) is 13.8 Å². The molecule has 4 nitrogen and oxygen atoms in total.